The topological polar surface area (TPSA) is 67.3 Å². The Balaban J connectivity index is -0.000000150. The van der Waals surface area contributed by atoms with Crippen LogP contribution in [-0.2, 0) is 4.79 Å². The van der Waals surface area contributed by atoms with Crippen LogP contribution in [0.1, 0.15) is 12.5 Å². The molecule has 4 heteroatoms. The van der Waals surface area contributed by atoms with Gasteiger partial charge < -0.3 is 10.6 Å². The standard InChI is InChI=1S/C7H8.C2H4O2.Na.H2O/c1-7-5-3-2-4-6-7;1-2(3)4;;/h2-6H,1H3;1H3,(H,3,4);;1H2/q;;+1;/p-1. The average molecular weight is 192 g/mol. The summed E-state index contributed by atoms with van der Waals surface area (Å²) in [6.45, 7) is 3.17. The smallest absolute Gasteiger partial charge is 0.870 e. The van der Waals surface area contributed by atoms with Gasteiger partial charge in [0.05, 0.1) is 0 Å². The first-order valence-electron chi connectivity index (χ1n) is 3.34. The van der Waals surface area contributed by atoms with Crippen LogP contribution in [0.5, 0.6) is 0 Å². The Labute approximate surface area is 100 Å². The van der Waals surface area contributed by atoms with Crippen LogP contribution in [0.3, 0.4) is 0 Å². The zero-order valence-corrected chi connectivity index (χ0v) is 10.2. The second-order valence-corrected chi connectivity index (χ2v) is 2.17. The molecule has 3 nitrogen and oxygen atoms in total. The van der Waals surface area contributed by atoms with Gasteiger partial charge in [-0.05, 0) is 6.92 Å². The summed E-state index contributed by atoms with van der Waals surface area (Å²) in [6, 6.07) is 10.3. The monoisotopic (exact) mass is 192 g/mol. The average Bonchev–Trinajstić information content (AvgIpc) is 1.87. The molecule has 0 saturated heterocycles. The molecule has 0 bridgehead atoms. The molecule has 0 radical (unpaired) electrons. The van der Waals surface area contributed by atoms with Crippen molar-refractivity contribution < 1.29 is 44.9 Å². The fraction of sp³-hybridized carbons (Fsp3) is 0.222. The van der Waals surface area contributed by atoms with Crippen LogP contribution in [-0.4, -0.2) is 16.6 Å². The maximum atomic E-state index is 9.00. The van der Waals surface area contributed by atoms with Gasteiger partial charge in [0, 0.05) is 6.92 Å². The number of aryl methyl sites for hydroxylation is 1. The Hall–Kier alpha value is -0.350. The maximum absolute atomic E-state index is 9.00. The number of carboxylic acid groups (broad SMARTS) is 1. The summed E-state index contributed by atoms with van der Waals surface area (Å²) in [5.41, 5.74) is 1.32. The van der Waals surface area contributed by atoms with Gasteiger partial charge in [0.1, 0.15) is 0 Å². The van der Waals surface area contributed by atoms with Gasteiger partial charge in [0.25, 0.3) is 5.97 Å². The Bertz CT molecular complexity index is 207. The van der Waals surface area contributed by atoms with E-state index in [0.717, 1.165) is 6.92 Å². The predicted octanol–water partition coefficient (Wildman–Crippen LogP) is -1.09. The summed E-state index contributed by atoms with van der Waals surface area (Å²) in [4.78, 5) is 9.00. The summed E-state index contributed by atoms with van der Waals surface area (Å²) in [6.07, 6.45) is 0. The molecule has 2 N–H and O–H groups in total. The van der Waals surface area contributed by atoms with Crippen LogP contribution in [0.4, 0.5) is 0 Å². The fourth-order valence-corrected chi connectivity index (χ4v) is 0.534. The molecule has 1 aromatic carbocycles. The molecule has 0 aromatic heterocycles. The number of carbonyl (C=O) groups is 1. The summed E-state index contributed by atoms with van der Waals surface area (Å²) in [5, 5.41) is 7.42. The zero-order chi connectivity index (χ0) is 8.69. The van der Waals surface area contributed by atoms with Crippen LogP contribution < -0.4 is 29.6 Å². The third-order valence-corrected chi connectivity index (χ3v) is 0.940. The van der Waals surface area contributed by atoms with Crippen LogP contribution >= 0.6 is 0 Å². The maximum Gasteiger partial charge on any atom is 1.00 e. The van der Waals surface area contributed by atoms with E-state index in [-0.39, 0.29) is 35.0 Å². The molecule has 0 atom stereocenters. The summed E-state index contributed by atoms with van der Waals surface area (Å²) >= 11 is 0. The molecule has 13 heavy (non-hydrogen) atoms. The van der Waals surface area contributed by atoms with E-state index < -0.39 is 5.97 Å². The molecule has 0 unspecified atom stereocenters. The van der Waals surface area contributed by atoms with E-state index in [0.29, 0.717) is 0 Å². The van der Waals surface area contributed by atoms with Crippen molar-refractivity contribution in [3.8, 4) is 0 Å². The van der Waals surface area contributed by atoms with Gasteiger partial charge in [-0.15, -0.1) is 0 Å². The predicted molar refractivity (Wildman–Crippen MR) is 46.4 cm³/mol. The number of benzene rings is 1. The van der Waals surface area contributed by atoms with Crippen LogP contribution in [0.2, 0.25) is 0 Å². The number of carboxylic acids is 1. The second-order valence-electron chi connectivity index (χ2n) is 2.17. The molecular weight excluding hydrogens is 179 g/mol. The number of hydrogen-bond acceptors (Lipinski definition) is 2. The molecule has 0 aliphatic rings. The number of hydrogen-bond donors (Lipinski definition) is 1. The molecule has 0 saturated carbocycles. The zero-order valence-electron chi connectivity index (χ0n) is 8.19. The summed E-state index contributed by atoms with van der Waals surface area (Å²) < 4.78 is 0. The minimum Gasteiger partial charge on any atom is -0.870 e. The van der Waals surface area contributed by atoms with Crippen LogP contribution in [0.25, 0.3) is 0 Å². The third kappa shape index (κ3) is 18.5. The molecule has 0 fully saturated rings. The molecular formula is C9H13NaO3. The molecule has 0 heterocycles. The Morgan fingerprint density at radius 2 is 1.54 bits per heavy atom. The van der Waals surface area contributed by atoms with Gasteiger partial charge in [-0.1, -0.05) is 35.9 Å². The molecule has 1 rings (SSSR count). The quantitative estimate of drug-likeness (QED) is 0.531. The molecule has 0 spiro atoms. The van der Waals surface area contributed by atoms with Gasteiger partial charge in [0.2, 0.25) is 0 Å². The summed E-state index contributed by atoms with van der Waals surface area (Å²) in [7, 11) is 0. The van der Waals surface area contributed by atoms with Crippen molar-refractivity contribution in [2.45, 2.75) is 13.8 Å². The van der Waals surface area contributed by atoms with E-state index in [2.05, 4.69) is 19.1 Å². The van der Waals surface area contributed by atoms with E-state index in [4.69, 9.17) is 9.90 Å². The first-order valence-corrected chi connectivity index (χ1v) is 3.34. The first-order chi connectivity index (χ1) is 5.13. The van der Waals surface area contributed by atoms with Crippen LogP contribution in [0.15, 0.2) is 30.3 Å². The molecule has 68 valence electrons. The van der Waals surface area contributed by atoms with Gasteiger partial charge in [-0.25, -0.2) is 0 Å². The van der Waals surface area contributed by atoms with Crippen molar-refractivity contribution in [3.05, 3.63) is 35.9 Å². The Morgan fingerprint density at radius 1 is 1.23 bits per heavy atom. The van der Waals surface area contributed by atoms with E-state index in [1.807, 2.05) is 18.2 Å². The second kappa shape index (κ2) is 11.6. The minimum atomic E-state index is -0.833. The van der Waals surface area contributed by atoms with E-state index in [1.54, 1.807) is 0 Å². The third-order valence-electron chi connectivity index (χ3n) is 0.940. The van der Waals surface area contributed by atoms with Crippen LogP contribution in [0, 0.1) is 6.92 Å². The van der Waals surface area contributed by atoms with Gasteiger partial charge in [-0.3, -0.25) is 4.79 Å². The number of rotatable bonds is 0. The first kappa shape index (κ1) is 18.4. The SMILES string of the molecule is CC(=O)O.Cc1ccccc1.[Na+].[OH-]. The van der Waals surface area contributed by atoms with E-state index in [9.17, 15) is 0 Å². The van der Waals surface area contributed by atoms with Gasteiger partial charge in [0.15, 0.2) is 0 Å². The molecule has 1 aromatic rings. The van der Waals surface area contributed by atoms with Crippen molar-refractivity contribution in [1.82, 2.24) is 0 Å². The van der Waals surface area contributed by atoms with Gasteiger partial charge in [-0.2, -0.15) is 0 Å². The summed E-state index contributed by atoms with van der Waals surface area (Å²) in [5.74, 6) is -0.833. The van der Waals surface area contributed by atoms with E-state index >= 15 is 0 Å². The van der Waals surface area contributed by atoms with Crippen molar-refractivity contribution in [2.24, 2.45) is 0 Å². The van der Waals surface area contributed by atoms with Gasteiger partial charge >= 0.3 is 29.6 Å². The normalized spacial score (nSPS) is 6.62. The molecule has 0 aliphatic carbocycles. The fourth-order valence-electron chi connectivity index (χ4n) is 0.534. The Morgan fingerprint density at radius 3 is 1.69 bits per heavy atom. The van der Waals surface area contributed by atoms with Crippen molar-refractivity contribution >= 4 is 5.97 Å². The Kier molecular flexibility index (Phi) is 16.5. The largest absolute Gasteiger partial charge is 1.00 e. The minimum absolute atomic E-state index is 0. The van der Waals surface area contributed by atoms with Crippen molar-refractivity contribution in [3.63, 3.8) is 0 Å². The molecule has 0 aliphatic heterocycles. The van der Waals surface area contributed by atoms with E-state index in [1.165, 1.54) is 5.56 Å². The molecule has 0 amide bonds. The van der Waals surface area contributed by atoms with Crippen molar-refractivity contribution in [2.75, 3.05) is 0 Å². The van der Waals surface area contributed by atoms with Crippen molar-refractivity contribution in [1.29, 1.82) is 0 Å². The number of aliphatic carboxylic acids is 1.